The largest absolute Gasteiger partial charge is 0.497 e. The molecule has 2 aliphatic carbocycles. The van der Waals surface area contributed by atoms with Gasteiger partial charge in [-0.25, -0.2) is 0 Å². The van der Waals surface area contributed by atoms with E-state index in [1.165, 1.54) is 22.3 Å². The van der Waals surface area contributed by atoms with Crippen molar-refractivity contribution in [2.75, 3.05) is 41.7 Å². The minimum atomic E-state index is -1.10. The SMILES string of the molecule is COc1ccc(C2(c3ccc(OCCOC(=O)CCC(=O)O)cc3)C=Cc3c4c(c5cc(-c6ccc(OC)cc6OC)c(OC)cc5c3O2)-c2ccccc2C42CC(C)(C)CC(C)(C)C2)cc1. The lowest BCUT2D eigenvalue weighted by Crippen LogP contribution is -2.44. The van der Waals surface area contributed by atoms with Crippen molar-refractivity contribution in [2.24, 2.45) is 10.8 Å². The van der Waals surface area contributed by atoms with Crippen molar-refractivity contribution in [3.05, 3.63) is 137 Å². The van der Waals surface area contributed by atoms with E-state index < -0.39 is 17.5 Å². The fourth-order valence-corrected chi connectivity index (χ4v) is 11.8. The van der Waals surface area contributed by atoms with Crippen molar-refractivity contribution < 1.29 is 47.9 Å². The zero-order chi connectivity index (χ0) is 47.3. The first-order valence-electron chi connectivity index (χ1n) is 22.8. The van der Waals surface area contributed by atoms with E-state index in [2.05, 4.69) is 76.2 Å². The molecule has 0 bridgehead atoms. The smallest absolute Gasteiger partial charge is 0.306 e. The third-order valence-corrected chi connectivity index (χ3v) is 13.7. The van der Waals surface area contributed by atoms with E-state index in [1.54, 1.807) is 28.4 Å². The molecular formula is C57H58O10. The molecule has 0 saturated heterocycles. The van der Waals surface area contributed by atoms with Gasteiger partial charge in [-0.2, -0.15) is 0 Å². The maximum atomic E-state index is 12.0. The number of rotatable bonds is 14. The molecule has 1 spiro atoms. The molecule has 0 radical (unpaired) electrons. The van der Waals surface area contributed by atoms with Crippen LogP contribution in [0, 0.1) is 10.8 Å². The van der Waals surface area contributed by atoms with Crippen LogP contribution in [0.1, 0.15) is 87.6 Å². The second kappa shape index (κ2) is 17.4. The summed E-state index contributed by atoms with van der Waals surface area (Å²) in [4.78, 5) is 22.9. The molecule has 1 heterocycles. The molecule has 10 nitrogen and oxygen atoms in total. The van der Waals surface area contributed by atoms with Crippen LogP contribution in [0.5, 0.6) is 34.5 Å². The Hall–Kier alpha value is -6.94. The van der Waals surface area contributed by atoms with Gasteiger partial charge >= 0.3 is 11.9 Å². The average molecular weight is 903 g/mol. The summed E-state index contributed by atoms with van der Waals surface area (Å²) in [5.41, 5.74) is 8.35. The molecule has 1 fully saturated rings. The van der Waals surface area contributed by atoms with Crippen LogP contribution in [0.4, 0.5) is 0 Å². The van der Waals surface area contributed by atoms with Gasteiger partial charge in [0.1, 0.15) is 47.7 Å². The molecule has 1 atom stereocenters. The summed E-state index contributed by atoms with van der Waals surface area (Å²) in [5.74, 6) is 2.46. The lowest BCUT2D eigenvalue weighted by molar-refractivity contribution is -0.148. The molecule has 67 heavy (non-hydrogen) atoms. The van der Waals surface area contributed by atoms with E-state index in [9.17, 15) is 9.59 Å². The summed E-state index contributed by atoms with van der Waals surface area (Å²) in [6.45, 7) is 9.79. The van der Waals surface area contributed by atoms with Crippen molar-refractivity contribution in [1.29, 1.82) is 0 Å². The van der Waals surface area contributed by atoms with Crippen LogP contribution in [0.2, 0.25) is 0 Å². The van der Waals surface area contributed by atoms with Gasteiger partial charge in [0.15, 0.2) is 5.60 Å². The number of benzene rings is 6. The number of hydrogen-bond acceptors (Lipinski definition) is 9. The molecule has 0 aromatic heterocycles. The minimum absolute atomic E-state index is 0.00777. The minimum Gasteiger partial charge on any atom is -0.497 e. The summed E-state index contributed by atoms with van der Waals surface area (Å²) in [6.07, 6.45) is 7.07. The van der Waals surface area contributed by atoms with Gasteiger partial charge in [-0.1, -0.05) is 82.3 Å². The highest BCUT2D eigenvalue weighted by molar-refractivity contribution is 6.11. The number of hydrogen-bond donors (Lipinski definition) is 1. The molecule has 1 N–H and O–H groups in total. The second-order valence-electron chi connectivity index (χ2n) is 19.5. The summed E-state index contributed by atoms with van der Waals surface area (Å²) < 4.78 is 42.5. The number of esters is 1. The molecule has 346 valence electrons. The van der Waals surface area contributed by atoms with Gasteiger partial charge in [0.05, 0.1) is 41.3 Å². The molecule has 9 rings (SSSR count). The zero-order valence-corrected chi connectivity index (χ0v) is 39.5. The van der Waals surface area contributed by atoms with Gasteiger partial charge < -0.3 is 38.3 Å². The van der Waals surface area contributed by atoms with Gasteiger partial charge in [0.2, 0.25) is 0 Å². The first-order valence-corrected chi connectivity index (χ1v) is 22.8. The van der Waals surface area contributed by atoms with E-state index in [0.29, 0.717) is 23.0 Å². The number of fused-ring (bicyclic) bond motifs is 10. The molecule has 1 aliphatic heterocycles. The summed E-state index contributed by atoms with van der Waals surface area (Å²) in [6, 6.07) is 35.0. The quantitative estimate of drug-likeness (QED) is 0.0836. The monoisotopic (exact) mass is 902 g/mol. The van der Waals surface area contributed by atoms with Crippen LogP contribution >= 0.6 is 0 Å². The lowest BCUT2D eigenvalue weighted by Gasteiger charge is -2.52. The predicted molar refractivity (Wildman–Crippen MR) is 260 cm³/mol. The van der Waals surface area contributed by atoms with E-state index in [-0.39, 0.29) is 42.3 Å². The molecule has 1 unspecified atom stereocenters. The van der Waals surface area contributed by atoms with E-state index in [0.717, 1.165) is 69.4 Å². The maximum absolute atomic E-state index is 12.0. The normalized spacial score (nSPS) is 18.0. The Morgan fingerprint density at radius 1 is 0.627 bits per heavy atom. The summed E-state index contributed by atoms with van der Waals surface area (Å²) in [7, 11) is 6.68. The third-order valence-electron chi connectivity index (χ3n) is 13.7. The Bertz CT molecular complexity index is 2890. The number of methoxy groups -OCH3 is 4. The predicted octanol–water partition coefficient (Wildman–Crippen LogP) is 12.2. The zero-order valence-electron chi connectivity index (χ0n) is 39.5. The van der Waals surface area contributed by atoms with Crippen molar-refractivity contribution in [3.63, 3.8) is 0 Å². The molecule has 10 heteroatoms. The van der Waals surface area contributed by atoms with Gasteiger partial charge in [-0.3, -0.25) is 9.59 Å². The second-order valence-corrected chi connectivity index (χ2v) is 19.5. The fourth-order valence-electron chi connectivity index (χ4n) is 11.8. The van der Waals surface area contributed by atoms with Gasteiger partial charge in [-0.15, -0.1) is 0 Å². The third kappa shape index (κ3) is 8.10. The van der Waals surface area contributed by atoms with Gasteiger partial charge in [-0.05, 0) is 112 Å². The van der Waals surface area contributed by atoms with Crippen molar-refractivity contribution in [2.45, 2.75) is 70.8 Å². The number of carbonyl (C=O) groups excluding carboxylic acids is 1. The Balaban J connectivity index is 1.26. The van der Waals surface area contributed by atoms with Crippen LogP contribution in [-0.2, 0) is 25.3 Å². The Morgan fingerprint density at radius 2 is 1.25 bits per heavy atom. The highest BCUT2D eigenvalue weighted by Gasteiger charge is 2.55. The van der Waals surface area contributed by atoms with E-state index in [4.69, 9.17) is 38.3 Å². The fraction of sp³-hybridized carbons (Fsp3) is 0.333. The first kappa shape index (κ1) is 45.2. The molecule has 6 aromatic carbocycles. The summed E-state index contributed by atoms with van der Waals surface area (Å²) in [5, 5.41) is 10.9. The van der Waals surface area contributed by atoms with Crippen molar-refractivity contribution >= 4 is 28.8 Å². The van der Waals surface area contributed by atoms with Crippen LogP contribution < -0.4 is 28.4 Å². The van der Waals surface area contributed by atoms with Gasteiger partial charge in [0, 0.05) is 44.7 Å². The Labute approximate surface area is 392 Å². The van der Waals surface area contributed by atoms with Crippen molar-refractivity contribution in [1.82, 2.24) is 0 Å². The molecule has 1 saturated carbocycles. The molecular weight excluding hydrogens is 845 g/mol. The highest BCUT2D eigenvalue weighted by Crippen LogP contribution is 2.67. The van der Waals surface area contributed by atoms with Crippen LogP contribution in [-0.4, -0.2) is 58.7 Å². The maximum Gasteiger partial charge on any atom is 0.306 e. The van der Waals surface area contributed by atoms with Gasteiger partial charge in [0.25, 0.3) is 0 Å². The first-order chi connectivity index (χ1) is 32.1. The molecule has 6 aromatic rings. The molecule has 0 amide bonds. The number of carboxylic acids is 1. The number of carboxylic acid groups (broad SMARTS) is 1. The number of ether oxygens (including phenoxy) is 7. The van der Waals surface area contributed by atoms with Crippen LogP contribution in [0.3, 0.4) is 0 Å². The highest BCUT2D eigenvalue weighted by atomic mass is 16.6. The van der Waals surface area contributed by atoms with Crippen LogP contribution in [0.25, 0.3) is 39.1 Å². The number of aliphatic carboxylic acids is 1. The van der Waals surface area contributed by atoms with E-state index in [1.807, 2.05) is 66.7 Å². The van der Waals surface area contributed by atoms with E-state index >= 15 is 0 Å². The van der Waals surface area contributed by atoms with Crippen molar-refractivity contribution in [3.8, 4) is 56.8 Å². The Morgan fingerprint density at radius 3 is 1.90 bits per heavy atom. The Kier molecular flexibility index (Phi) is 11.7. The number of carbonyl (C=O) groups is 2. The molecule has 3 aliphatic rings. The van der Waals surface area contributed by atoms with Crippen LogP contribution in [0.15, 0.2) is 109 Å². The standard InChI is InChI=1S/C57H58O10/c1-54(2)32-55(3,4)34-56(33-54)46-12-10-9-11-41(46)51-44-30-43(40-22-21-39(62-6)29-47(40)63-7)48(64-8)31-45(44)53-42(52(51)56)25-26-57(67-53,35-13-17-37(61-5)18-14-35)36-15-19-38(20-16-36)65-27-28-66-50(60)24-23-49(58)59/h9-22,25-26,29-31H,23-24,27-28,32-34H2,1-8H3,(H,58,59). The summed E-state index contributed by atoms with van der Waals surface area (Å²) >= 11 is 0. The lowest BCUT2D eigenvalue weighted by atomic mass is 9.52. The topological polar surface area (TPSA) is 119 Å². The average Bonchev–Trinajstić information content (AvgIpc) is 3.58.